The standard InChI is InChI=1S/C17H22N2O2.C12H14N2.C10H18O5/c1-16(2,3)21-15(20)19-11-9-17(13-18,10-12-19)14-7-5-4-6-8-14;13-10-12(6-8-14-9-7-12)11-4-2-1-3-5-11;1-9(2,3)14-7(11)13-8(12)15-10(4,5)6/h4-8H,9-12H2,1-3H3;1-5,14H,6-9H2;1-6H3. The van der Waals surface area contributed by atoms with Crippen molar-refractivity contribution in [2.75, 3.05) is 26.2 Å². The zero-order valence-electron chi connectivity index (χ0n) is 31.1. The summed E-state index contributed by atoms with van der Waals surface area (Å²) in [6.45, 7) is 18.6. The molecule has 50 heavy (non-hydrogen) atoms. The third-order valence-corrected chi connectivity index (χ3v) is 7.75. The van der Waals surface area contributed by atoms with Gasteiger partial charge in [-0.05, 0) is 112 Å². The van der Waals surface area contributed by atoms with Crippen molar-refractivity contribution >= 4 is 18.4 Å². The largest absolute Gasteiger partial charge is 0.519 e. The molecule has 11 nitrogen and oxygen atoms in total. The molecule has 0 spiro atoms. The molecule has 1 N–H and O–H groups in total. The second-order valence-corrected chi connectivity index (χ2v) is 15.4. The van der Waals surface area contributed by atoms with Crippen LogP contribution in [-0.2, 0) is 29.8 Å². The lowest BCUT2D eigenvalue weighted by Gasteiger charge is -2.38. The number of hydrogen-bond donors (Lipinski definition) is 1. The number of hydrogen-bond acceptors (Lipinski definition) is 10. The number of nitriles is 2. The maximum atomic E-state index is 12.1. The average Bonchev–Trinajstić information content (AvgIpc) is 3.04. The van der Waals surface area contributed by atoms with Gasteiger partial charge in [0.05, 0.1) is 23.0 Å². The molecule has 0 aromatic heterocycles. The van der Waals surface area contributed by atoms with Gasteiger partial charge >= 0.3 is 18.4 Å². The molecule has 2 heterocycles. The second-order valence-electron chi connectivity index (χ2n) is 15.4. The Morgan fingerprint density at radius 2 is 0.980 bits per heavy atom. The number of piperidine rings is 2. The summed E-state index contributed by atoms with van der Waals surface area (Å²) in [7, 11) is 0. The summed E-state index contributed by atoms with van der Waals surface area (Å²) < 4.78 is 19.2. The van der Waals surface area contributed by atoms with Gasteiger partial charge in [-0.25, -0.2) is 14.4 Å². The van der Waals surface area contributed by atoms with E-state index in [0.29, 0.717) is 25.9 Å². The lowest BCUT2D eigenvalue weighted by Crippen LogP contribution is -2.46. The van der Waals surface area contributed by atoms with Crippen LogP contribution in [0.25, 0.3) is 0 Å². The first-order chi connectivity index (χ1) is 23.2. The fourth-order valence-electron chi connectivity index (χ4n) is 5.31. The summed E-state index contributed by atoms with van der Waals surface area (Å²) in [4.78, 5) is 35.8. The fraction of sp³-hybridized carbons (Fsp3) is 0.564. The van der Waals surface area contributed by atoms with Crippen LogP contribution in [0.5, 0.6) is 0 Å². The molecule has 0 atom stereocenters. The zero-order chi connectivity index (χ0) is 37.6. The molecule has 0 bridgehead atoms. The van der Waals surface area contributed by atoms with E-state index in [2.05, 4.69) is 34.3 Å². The monoisotopic (exact) mass is 690 g/mol. The highest BCUT2D eigenvalue weighted by Gasteiger charge is 2.38. The Morgan fingerprint density at radius 1 is 0.620 bits per heavy atom. The molecular weight excluding hydrogens is 636 g/mol. The molecule has 272 valence electrons. The minimum atomic E-state index is -1.06. The first-order valence-electron chi connectivity index (χ1n) is 17.0. The Bertz CT molecular complexity index is 1440. The molecule has 2 saturated heterocycles. The minimum absolute atomic E-state index is 0.244. The van der Waals surface area contributed by atoms with Crippen molar-refractivity contribution in [1.29, 1.82) is 10.5 Å². The summed E-state index contributed by atoms with van der Waals surface area (Å²) in [6.07, 6.45) is 0.733. The van der Waals surface area contributed by atoms with E-state index in [1.54, 1.807) is 46.4 Å². The highest BCUT2D eigenvalue weighted by atomic mass is 16.8. The number of carbonyl (C=O) groups is 3. The molecule has 1 amide bonds. The van der Waals surface area contributed by atoms with Crippen LogP contribution >= 0.6 is 0 Å². The van der Waals surface area contributed by atoms with E-state index in [4.69, 9.17) is 14.2 Å². The van der Waals surface area contributed by atoms with Crippen LogP contribution in [0, 0.1) is 22.7 Å². The topological polar surface area (TPSA) is 151 Å². The van der Waals surface area contributed by atoms with Crippen molar-refractivity contribution < 1.29 is 33.3 Å². The lowest BCUT2D eigenvalue weighted by atomic mass is 9.74. The van der Waals surface area contributed by atoms with Gasteiger partial charge in [0.1, 0.15) is 16.8 Å². The van der Waals surface area contributed by atoms with Crippen molar-refractivity contribution in [1.82, 2.24) is 10.2 Å². The molecule has 4 rings (SSSR count). The van der Waals surface area contributed by atoms with Crippen LogP contribution in [0.15, 0.2) is 60.7 Å². The quantitative estimate of drug-likeness (QED) is 0.186. The van der Waals surface area contributed by atoms with E-state index in [0.717, 1.165) is 31.5 Å². The molecule has 0 radical (unpaired) electrons. The molecular formula is C39H54N4O7. The SMILES string of the molecule is CC(C)(C)OC(=O)N1CCC(C#N)(c2ccccc2)CC1.CC(C)(C)OC(=O)OC(=O)OC(C)(C)C.N#CC1(c2ccccc2)CCNCC1. The summed E-state index contributed by atoms with van der Waals surface area (Å²) >= 11 is 0. The Morgan fingerprint density at radius 3 is 1.32 bits per heavy atom. The molecule has 0 unspecified atom stereocenters. The normalized spacial score (nSPS) is 16.7. The van der Waals surface area contributed by atoms with Gasteiger partial charge in [-0.15, -0.1) is 0 Å². The number of amides is 1. The Balaban J connectivity index is 0.000000268. The van der Waals surface area contributed by atoms with Gasteiger partial charge in [-0.3, -0.25) is 0 Å². The molecule has 2 fully saturated rings. The predicted molar refractivity (Wildman–Crippen MR) is 190 cm³/mol. The summed E-state index contributed by atoms with van der Waals surface area (Å²) in [5.41, 5.74) is -0.398. The second kappa shape index (κ2) is 17.9. The van der Waals surface area contributed by atoms with Crippen LogP contribution < -0.4 is 5.32 Å². The van der Waals surface area contributed by atoms with Crippen LogP contribution in [0.3, 0.4) is 0 Å². The number of nitrogens with zero attached hydrogens (tertiary/aromatic N) is 3. The first-order valence-corrected chi connectivity index (χ1v) is 17.0. The number of ether oxygens (including phenoxy) is 4. The van der Waals surface area contributed by atoms with Gasteiger partial charge in [0, 0.05) is 13.1 Å². The van der Waals surface area contributed by atoms with E-state index in [1.807, 2.05) is 69.3 Å². The molecule has 11 heteroatoms. The van der Waals surface area contributed by atoms with Crippen molar-refractivity contribution in [3.05, 3.63) is 71.8 Å². The van der Waals surface area contributed by atoms with Gasteiger partial charge in [0.25, 0.3) is 0 Å². The lowest BCUT2D eigenvalue weighted by molar-refractivity contribution is -0.0294. The summed E-state index contributed by atoms with van der Waals surface area (Å²) in [5.74, 6) is 0. The smallest absolute Gasteiger partial charge is 0.444 e. The summed E-state index contributed by atoms with van der Waals surface area (Å²) in [5, 5.41) is 22.2. The van der Waals surface area contributed by atoms with E-state index in [1.165, 1.54) is 5.56 Å². The molecule has 0 saturated carbocycles. The number of benzene rings is 2. The van der Waals surface area contributed by atoms with Gasteiger partial charge in [0.2, 0.25) is 0 Å². The van der Waals surface area contributed by atoms with Gasteiger partial charge in [-0.2, -0.15) is 10.5 Å². The van der Waals surface area contributed by atoms with Crippen LogP contribution in [-0.4, -0.2) is 66.3 Å². The summed E-state index contributed by atoms with van der Waals surface area (Å²) in [6, 6.07) is 24.9. The maximum absolute atomic E-state index is 12.1. The number of likely N-dealkylation sites (tertiary alicyclic amines) is 1. The first kappa shape index (κ1) is 41.6. The molecule has 2 aromatic carbocycles. The highest BCUT2D eigenvalue weighted by molar-refractivity contribution is 5.77. The van der Waals surface area contributed by atoms with Gasteiger partial charge in [0.15, 0.2) is 0 Å². The molecule has 2 aromatic rings. The number of rotatable bonds is 2. The van der Waals surface area contributed by atoms with Crippen molar-refractivity contribution in [2.24, 2.45) is 0 Å². The maximum Gasteiger partial charge on any atom is 0.519 e. The van der Waals surface area contributed by atoms with Crippen molar-refractivity contribution in [2.45, 2.75) is 116 Å². The van der Waals surface area contributed by atoms with E-state index in [-0.39, 0.29) is 11.5 Å². The van der Waals surface area contributed by atoms with E-state index in [9.17, 15) is 24.9 Å². The third-order valence-electron chi connectivity index (χ3n) is 7.75. The van der Waals surface area contributed by atoms with Gasteiger partial charge < -0.3 is 29.2 Å². The average molecular weight is 691 g/mol. The van der Waals surface area contributed by atoms with Crippen LogP contribution in [0.1, 0.15) is 99.1 Å². The Hall–Kier alpha value is -4.61. The van der Waals surface area contributed by atoms with Crippen LogP contribution in [0.4, 0.5) is 14.4 Å². The van der Waals surface area contributed by atoms with Gasteiger partial charge in [-0.1, -0.05) is 60.7 Å². The fourth-order valence-corrected chi connectivity index (χ4v) is 5.31. The third kappa shape index (κ3) is 14.1. The Kier molecular flexibility index (Phi) is 14.9. The zero-order valence-corrected chi connectivity index (χ0v) is 31.1. The van der Waals surface area contributed by atoms with Crippen LogP contribution in [0.2, 0.25) is 0 Å². The molecule has 2 aliphatic heterocycles. The highest BCUT2D eigenvalue weighted by Crippen LogP contribution is 2.35. The van der Waals surface area contributed by atoms with Crippen molar-refractivity contribution in [3.63, 3.8) is 0 Å². The number of nitrogens with one attached hydrogen (secondary N) is 1. The molecule has 2 aliphatic rings. The van der Waals surface area contributed by atoms with E-state index < -0.39 is 34.5 Å². The number of carbonyl (C=O) groups excluding carboxylic acids is 3. The molecule has 0 aliphatic carbocycles. The van der Waals surface area contributed by atoms with Crippen molar-refractivity contribution in [3.8, 4) is 12.1 Å². The van der Waals surface area contributed by atoms with E-state index >= 15 is 0 Å². The minimum Gasteiger partial charge on any atom is -0.444 e. The Labute approximate surface area is 297 Å². The predicted octanol–water partition coefficient (Wildman–Crippen LogP) is 8.18.